The molecule has 4 nitrogen and oxygen atoms in total. The Morgan fingerprint density at radius 3 is 2.46 bits per heavy atom. The summed E-state index contributed by atoms with van der Waals surface area (Å²) in [4.78, 5) is 13.5. The number of halogens is 1. The van der Waals surface area contributed by atoms with Gasteiger partial charge in [-0.3, -0.25) is 0 Å². The van der Waals surface area contributed by atoms with Crippen LogP contribution in [0.3, 0.4) is 0 Å². The lowest BCUT2D eigenvalue weighted by Gasteiger charge is -2.13. The molecule has 0 saturated heterocycles. The van der Waals surface area contributed by atoms with Crippen molar-refractivity contribution in [3.8, 4) is 0 Å². The first kappa shape index (κ1) is 18.2. The molecule has 1 heterocycles. The second kappa shape index (κ2) is 8.11. The zero-order valence-electron chi connectivity index (χ0n) is 14.6. The van der Waals surface area contributed by atoms with Crippen LogP contribution in [0, 0.1) is 12.7 Å². The number of benzene rings is 1. The van der Waals surface area contributed by atoms with E-state index in [4.69, 9.17) is 0 Å². The van der Waals surface area contributed by atoms with Crippen molar-refractivity contribution in [1.29, 1.82) is 0 Å². The van der Waals surface area contributed by atoms with Crippen molar-refractivity contribution < 1.29 is 14.3 Å². The predicted molar refractivity (Wildman–Crippen MR) is 93.1 cm³/mol. The highest BCUT2D eigenvalue weighted by atomic mass is 19.1. The lowest BCUT2D eigenvalue weighted by atomic mass is 10.1. The van der Waals surface area contributed by atoms with Gasteiger partial charge in [0.25, 0.3) is 0 Å². The molecule has 1 N–H and O–H groups in total. The molecule has 0 bridgehead atoms. The van der Waals surface area contributed by atoms with E-state index in [9.17, 15) is 14.3 Å². The molecule has 2 aromatic rings. The molecule has 0 atom stereocenters. The molecule has 24 heavy (non-hydrogen) atoms. The Hall–Kier alpha value is -2.14. The fourth-order valence-corrected chi connectivity index (χ4v) is 2.91. The van der Waals surface area contributed by atoms with Gasteiger partial charge in [-0.15, -0.1) is 0 Å². The van der Waals surface area contributed by atoms with Gasteiger partial charge in [0.15, 0.2) is 0 Å². The number of carbonyl (C=O) groups is 1. The molecule has 1 aromatic carbocycles. The molecule has 130 valence electrons. The number of carboxylic acids is 1. The lowest BCUT2D eigenvalue weighted by Crippen LogP contribution is -2.15. The summed E-state index contributed by atoms with van der Waals surface area (Å²) in [5, 5.41) is 9.37. The fraction of sp³-hybridized carbons (Fsp3) is 0.421. The van der Waals surface area contributed by atoms with Gasteiger partial charge in [0.05, 0.1) is 5.56 Å². The van der Waals surface area contributed by atoms with E-state index in [1.54, 1.807) is 18.2 Å². The molecule has 2 rings (SSSR count). The quantitative estimate of drug-likeness (QED) is 0.806. The minimum atomic E-state index is -0.887. The topological polar surface area (TPSA) is 45.5 Å². The van der Waals surface area contributed by atoms with Crippen LogP contribution in [-0.4, -0.2) is 41.2 Å². The number of hydrogen-bond acceptors (Lipinski definition) is 2. The molecule has 0 radical (unpaired) electrons. The maximum absolute atomic E-state index is 13.0. The lowest BCUT2D eigenvalue weighted by molar-refractivity contribution is 0.0696. The summed E-state index contributed by atoms with van der Waals surface area (Å²) in [5.41, 5.74) is 3.24. The van der Waals surface area contributed by atoms with Crippen LogP contribution in [0.4, 0.5) is 4.39 Å². The van der Waals surface area contributed by atoms with Crippen molar-refractivity contribution in [2.75, 3.05) is 20.6 Å². The van der Waals surface area contributed by atoms with E-state index in [-0.39, 0.29) is 5.82 Å². The van der Waals surface area contributed by atoms with Crippen molar-refractivity contribution in [3.63, 3.8) is 0 Å². The van der Waals surface area contributed by atoms with Crippen LogP contribution < -0.4 is 0 Å². The molecule has 0 unspecified atom stereocenters. The molecule has 1 aromatic heterocycles. The van der Waals surface area contributed by atoms with Crippen LogP contribution in [0.5, 0.6) is 0 Å². The second-order valence-corrected chi connectivity index (χ2v) is 6.37. The molecule has 0 fully saturated rings. The van der Waals surface area contributed by atoms with Gasteiger partial charge in [-0.2, -0.15) is 0 Å². The van der Waals surface area contributed by atoms with Crippen LogP contribution in [-0.2, 0) is 19.4 Å². The molecule has 0 amide bonds. The Balaban J connectivity index is 2.15. The van der Waals surface area contributed by atoms with Gasteiger partial charge >= 0.3 is 5.97 Å². The molecule has 0 spiro atoms. The monoisotopic (exact) mass is 332 g/mol. The van der Waals surface area contributed by atoms with Gasteiger partial charge in [0, 0.05) is 17.9 Å². The third-order valence-corrected chi connectivity index (χ3v) is 4.26. The van der Waals surface area contributed by atoms with Gasteiger partial charge in [0.1, 0.15) is 5.82 Å². The molecule has 5 heteroatoms. The Kier molecular flexibility index (Phi) is 6.15. The van der Waals surface area contributed by atoms with Gasteiger partial charge in [0.2, 0.25) is 0 Å². The van der Waals surface area contributed by atoms with Crippen molar-refractivity contribution in [2.24, 2.45) is 0 Å². The zero-order valence-corrected chi connectivity index (χ0v) is 14.6. The highest BCUT2D eigenvalue weighted by Crippen LogP contribution is 2.18. The number of aromatic carboxylic acids is 1. The summed E-state index contributed by atoms with van der Waals surface area (Å²) in [6, 6.07) is 8.25. The Bertz CT molecular complexity index is 690. The van der Waals surface area contributed by atoms with Gasteiger partial charge in [-0.05, 0) is 70.6 Å². The number of carboxylic acid groups (broad SMARTS) is 1. The summed E-state index contributed by atoms with van der Waals surface area (Å²) in [7, 11) is 4.06. The van der Waals surface area contributed by atoms with E-state index < -0.39 is 5.97 Å². The average Bonchev–Trinajstić information content (AvgIpc) is 2.83. The van der Waals surface area contributed by atoms with Crippen LogP contribution in [0.1, 0.15) is 33.7 Å². The van der Waals surface area contributed by atoms with Crippen molar-refractivity contribution in [2.45, 2.75) is 32.7 Å². The number of rotatable bonds is 8. The van der Waals surface area contributed by atoms with Gasteiger partial charge in [-0.25, -0.2) is 9.18 Å². The van der Waals surface area contributed by atoms with E-state index in [2.05, 4.69) is 9.47 Å². The third kappa shape index (κ3) is 4.68. The molecule has 0 aliphatic rings. The minimum absolute atomic E-state index is 0.242. The summed E-state index contributed by atoms with van der Waals surface area (Å²) in [5.74, 6) is -1.13. The van der Waals surface area contributed by atoms with Crippen molar-refractivity contribution in [1.82, 2.24) is 9.47 Å². The zero-order chi connectivity index (χ0) is 17.7. The normalized spacial score (nSPS) is 11.2. The number of aryl methyl sites for hydroxylation is 2. The maximum Gasteiger partial charge on any atom is 0.337 e. The summed E-state index contributed by atoms with van der Waals surface area (Å²) < 4.78 is 15.1. The first-order valence-electron chi connectivity index (χ1n) is 8.20. The van der Waals surface area contributed by atoms with E-state index in [0.29, 0.717) is 12.1 Å². The molecular weight excluding hydrogens is 307 g/mol. The summed E-state index contributed by atoms with van der Waals surface area (Å²) in [6.45, 7) is 3.51. The summed E-state index contributed by atoms with van der Waals surface area (Å²) in [6.07, 6.45) is 2.57. The molecular formula is C19H25FN2O2. The first-order chi connectivity index (χ1) is 11.4. The van der Waals surface area contributed by atoms with Crippen LogP contribution in [0.25, 0.3) is 0 Å². The van der Waals surface area contributed by atoms with Crippen molar-refractivity contribution in [3.05, 3.63) is 58.7 Å². The van der Waals surface area contributed by atoms with Crippen LogP contribution >= 0.6 is 0 Å². The van der Waals surface area contributed by atoms with Gasteiger partial charge in [-0.1, -0.05) is 12.1 Å². The maximum atomic E-state index is 13.0. The van der Waals surface area contributed by atoms with Crippen LogP contribution in [0.15, 0.2) is 30.3 Å². The van der Waals surface area contributed by atoms with E-state index in [0.717, 1.165) is 42.8 Å². The number of aromatic nitrogens is 1. The van der Waals surface area contributed by atoms with E-state index in [1.807, 2.05) is 21.0 Å². The predicted octanol–water partition coefficient (Wildman–Crippen LogP) is 3.37. The van der Waals surface area contributed by atoms with E-state index >= 15 is 0 Å². The molecule has 0 saturated carbocycles. The van der Waals surface area contributed by atoms with Crippen LogP contribution in [0.2, 0.25) is 0 Å². The largest absolute Gasteiger partial charge is 0.478 e. The second-order valence-electron chi connectivity index (χ2n) is 6.37. The smallest absolute Gasteiger partial charge is 0.337 e. The minimum Gasteiger partial charge on any atom is -0.478 e. The number of hydrogen-bond donors (Lipinski definition) is 1. The van der Waals surface area contributed by atoms with Crippen molar-refractivity contribution >= 4 is 5.97 Å². The third-order valence-electron chi connectivity index (χ3n) is 4.26. The standard InChI is InChI=1S/C19H25FN2O2/c1-14-18(19(23)24)13-17(5-4-11-21(2)3)22(14)12-10-15-6-8-16(20)9-7-15/h6-9,13H,4-5,10-12H2,1-3H3,(H,23,24). The number of nitrogens with zero attached hydrogens (tertiary/aromatic N) is 2. The average molecular weight is 332 g/mol. The highest BCUT2D eigenvalue weighted by Gasteiger charge is 2.16. The Labute approximate surface area is 142 Å². The SMILES string of the molecule is Cc1c(C(=O)O)cc(CCCN(C)C)n1CCc1ccc(F)cc1. The Morgan fingerprint density at radius 1 is 1.21 bits per heavy atom. The molecule has 0 aliphatic carbocycles. The summed E-state index contributed by atoms with van der Waals surface area (Å²) >= 11 is 0. The highest BCUT2D eigenvalue weighted by molar-refractivity contribution is 5.89. The first-order valence-corrected chi connectivity index (χ1v) is 8.20. The Morgan fingerprint density at radius 2 is 1.88 bits per heavy atom. The fourth-order valence-electron chi connectivity index (χ4n) is 2.91. The van der Waals surface area contributed by atoms with Gasteiger partial charge < -0.3 is 14.6 Å². The molecule has 0 aliphatic heterocycles. The van der Waals surface area contributed by atoms with E-state index in [1.165, 1.54) is 12.1 Å².